The van der Waals surface area contributed by atoms with Crippen molar-refractivity contribution in [2.24, 2.45) is 0 Å². The van der Waals surface area contributed by atoms with Crippen LogP contribution in [0.1, 0.15) is 20.8 Å². The van der Waals surface area contributed by atoms with Crippen LogP contribution in [-0.4, -0.2) is 41.1 Å². The van der Waals surface area contributed by atoms with Gasteiger partial charge in [-0.3, -0.25) is 9.69 Å². The van der Waals surface area contributed by atoms with Crippen molar-refractivity contribution in [3.8, 4) is 0 Å². The molecule has 3 N–H and O–H groups in total. The lowest BCUT2D eigenvalue weighted by molar-refractivity contribution is 0.0691. The number of nitrogens with one attached hydrogen (secondary N) is 2. The highest BCUT2D eigenvalue weighted by Gasteiger charge is 2.23. The van der Waals surface area contributed by atoms with Gasteiger partial charge in [0, 0.05) is 25.0 Å². The van der Waals surface area contributed by atoms with Gasteiger partial charge in [0.2, 0.25) is 0 Å². The van der Waals surface area contributed by atoms with Crippen molar-refractivity contribution in [1.29, 1.82) is 0 Å². The first-order chi connectivity index (χ1) is 12.0. The molecule has 1 aromatic carbocycles. The van der Waals surface area contributed by atoms with Crippen molar-refractivity contribution in [3.63, 3.8) is 0 Å². The van der Waals surface area contributed by atoms with E-state index in [4.69, 9.17) is 16.7 Å². The number of carbonyl (C=O) groups is 3. The maximum absolute atomic E-state index is 12.5. The van der Waals surface area contributed by atoms with Crippen LogP contribution >= 0.6 is 11.6 Å². The standard InChI is InChI=1S/C16H13ClN4O4/c17-11-4-3-9(21-7-6-19-16(21)25)8-10(11)14(22)20-12-2-1-5-18-13(12)15(23)24/h1-5,8H,6-7H2,(H,19,25)(H,20,22)(H,23,24). The summed E-state index contributed by atoms with van der Waals surface area (Å²) >= 11 is 6.09. The van der Waals surface area contributed by atoms with Crippen molar-refractivity contribution < 1.29 is 19.5 Å². The number of anilines is 2. The molecule has 0 unspecified atom stereocenters. The Balaban J connectivity index is 1.90. The molecule has 3 rings (SSSR count). The third-order valence-electron chi connectivity index (χ3n) is 3.62. The molecule has 0 spiro atoms. The lowest BCUT2D eigenvalue weighted by atomic mass is 10.1. The highest BCUT2D eigenvalue weighted by Crippen LogP contribution is 2.25. The normalized spacial score (nSPS) is 13.5. The maximum Gasteiger partial charge on any atom is 0.356 e. The first kappa shape index (κ1) is 16.7. The molecule has 128 valence electrons. The Morgan fingerprint density at radius 3 is 2.80 bits per heavy atom. The Morgan fingerprint density at radius 2 is 2.12 bits per heavy atom. The van der Waals surface area contributed by atoms with Gasteiger partial charge in [0.15, 0.2) is 5.69 Å². The zero-order chi connectivity index (χ0) is 18.0. The first-order valence-corrected chi connectivity index (χ1v) is 7.70. The van der Waals surface area contributed by atoms with Crippen LogP contribution in [0.5, 0.6) is 0 Å². The first-order valence-electron chi connectivity index (χ1n) is 7.32. The summed E-state index contributed by atoms with van der Waals surface area (Å²) in [5.41, 5.74) is 0.427. The van der Waals surface area contributed by atoms with Crippen molar-refractivity contribution in [1.82, 2.24) is 10.3 Å². The smallest absolute Gasteiger partial charge is 0.356 e. The third-order valence-corrected chi connectivity index (χ3v) is 3.95. The largest absolute Gasteiger partial charge is 0.476 e. The number of aromatic nitrogens is 1. The van der Waals surface area contributed by atoms with Gasteiger partial charge in [-0.2, -0.15) is 0 Å². The number of carboxylic acid groups (broad SMARTS) is 1. The van der Waals surface area contributed by atoms with Crippen LogP contribution in [0, 0.1) is 0 Å². The number of pyridine rings is 1. The fraction of sp³-hybridized carbons (Fsp3) is 0.125. The molecule has 0 atom stereocenters. The predicted octanol–water partition coefficient (Wildman–Crippen LogP) is 2.22. The summed E-state index contributed by atoms with van der Waals surface area (Å²) in [5.74, 6) is -1.86. The monoisotopic (exact) mass is 360 g/mol. The number of hydrogen-bond donors (Lipinski definition) is 3. The summed E-state index contributed by atoms with van der Waals surface area (Å²) in [6, 6.07) is 7.32. The Bertz CT molecular complexity index is 871. The van der Waals surface area contributed by atoms with Crippen molar-refractivity contribution in [2.45, 2.75) is 0 Å². The van der Waals surface area contributed by atoms with Crippen molar-refractivity contribution >= 4 is 40.9 Å². The van der Waals surface area contributed by atoms with Crippen molar-refractivity contribution in [2.75, 3.05) is 23.3 Å². The number of halogens is 1. The molecule has 1 aromatic heterocycles. The molecule has 1 aliphatic heterocycles. The second kappa shape index (κ2) is 6.78. The van der Waals surface area contributed by atoms with E-state index in [0.29, 0.717) is 18.8 Å². The number of nitrogens with zero attached hydrogens (tertiary/aromatic N) is 2. The van der Waals surface area contributed by atoms with Gasteiger partial charge in [-0.05, 0) is 30.3 Å². The zero-order valence-electron chi connectivity index (χ0n) is 12.8. The van der Waals surface area contributed by atoms with Crippen LogP contribution in [0.4, 0.5) is 16.2 Å². The molecule has 25 heavy (non-hydrogen) atoms. The number of carboxylic acids is 1. The number of aromatic carboxylic acids is 1. The molecule has 9 heteroatoms. The SMILES string of the molecule is O=C(Nc1cccnc1C(=O)O)c1cc(N2CCNC2=O)ccc1Cl. The van der Waals surface area contributed by atoms with E-state index >= 15 is 0 Å². The fourth-order valence-corrected chi connectivity index (χ4v) is 2.64. The average molecular weight is 361 g/mol. The van der Waals surface area contributed by atoms with E-state index in [2.05, 4.69) is 15.6 Å². The van der Waals surface area contributed by atoms with Gasteiger partial charge in [-0.25, -0.2) is 14.6 Å². The summed E-state index contributed by atoms with van der Waals surface area (Å²) in [5, 5.41) is 14.5. The molecule has 1 fully saturated rings. The molecule has 1 aliphatic rings. The summed E-state index contributed by atoms with van der Waals surface area (Å²) in [6.07, 6.45) is 1.32. The minimum atomic E-state index is -1.26. The molecule has 2 heterocycles. The molecule has 2 aromatic rings. The molecular formula is C16H13ClN4O4. The maximum atomic E-state index is 12.5. The zero-order valence-corrected chi connectivity index (χ0v) is 13.6. The Hall–Kier alpha value is -3.13. The van der Waals surface area contributed by atoms with Crippen LogP contribution in [0.3, 0.4) is 0 Å². The van der Waals surface area contributed by atoms with E-state index in [-0.39, 0.29) is 28.0 Å². The molecule has 0 saturated carbocycles. The lowest BCUT2D eigenvalue weighted by Gasteiger charge is -2.16. The second-order valence-corrected chi connectivity index (χ2v) is 5.61. The number of rotatable bonds is 4. The van der Waals surface area contributed by atoms with Gasteiger partial charge in [-0.15, -0.1) is 0 Å². The van der Waals surface area contributed by atoms with Gasteiger partial charge in [0.05, 0.1) is 16.3 Å². The van der Waals surface area contributed by atoms with Gasteiger partial charge in [-0.1, -0.05) is 11.6 Å². The summed E-state index contributed by atoms with van der Waals surface area (Å²) < 4.78 is 0. The van der Waals surface area contributed by atoms with E-state index < -0.39 is 11.9 Å². The Morgan fingerprint density at radius 1 is 1.32 bits per heavy atom. The number of amides is 3. The molecule has 0 bridgehead atoms. The van der Waals surface area contributed by atoms with Crippen LogP contribution in [0.15, 0.2) is 36.5 Å². The van der Waals surface area contributed by atoms with Crippen LogP contribution in [0.2, 0.25) is 5.02 Å². The third kappa shape index (κ3) is 3.38. The Kier molecular flexibility index (Phi) is 4.53. The molecule has 3 amide bonds. The molecule has 1 saturated heterocycles. The average Bonchev–Trinajstić information content (AvgIpc) is 3.01. The van der Waals surface area contributed by atoms with Crippen molar-refractivity contribution in [3.05, 3.63) is 52.8 Å². The lowest BCUT2D eigenvalue weighted by Crippen LogP contribution is -2.28. The minimum Gasteiger partial charge on any atom is -0.476 e. The van der Waals surface area contributed by atoms with Crippen LogP contribution in [0.25, 0.3) is 0 Å². The van der Waals surface area contributed by atoms with E-state index in [1.54, 1.807) is 6.07 Å². The molecule has 0 radical (unpaired) electrons. The van der Waals surface area contributed by atoms with Gasteiger partial charge in [0.1, 0.15) is 0 Å². The summed E-state index contributed by atoms with van der Waals surface area (Å²) in [7, 11) is 0. The minimum absolute atomic E-state index is 0.0559. The fourth-order valence-electron chi connectivity index (χ4n) is 2.44. The van der Waals surface area contributed by atoms with Crippen LogP contribution in [-0.2, 0) is 0 Å². The van der Waals surface area contributed by atoms with E-state index in [1.165, 1.54) is 35.4 Å². The van der Waals surface area contributed by atoms with E-state index in [1.807, 2.05) is 0 Å². The van der Waals surface area contributed by atoms with Crippen LogP contribution < -0.4 is 15.5 Å². The highest BCUT2D eigenvalue weighted by atomic mass is 35.5. The molecular weight excluding hydrogens is 348 g/mol. The number of benzene rings is 1. The summed E-state index contributed by atoms with van der Waals surface area (Å²) in [4.78, 5) is 40.7. The highest BCUT2D eigenvalue weighted by molar-refractivity contribution is 6.34. The van der Waals surface area contributed by atoms with Gasteiger partial charge >= 0.3 is 12.0 Å². The van der Waals surface area contributed by atoms with E-state index in [9.17, 15) is 14.4 Å². The Labute approximate surface area is 147 Å². The topological polar surface area (TPSA) is 112 Å². The second-order valence-electron chi connectivity index (χ2n) is 5.21. The quantitative estimate of drug-likeness (QED) is 0.774. The molecule has 8 nitrogen and oxygen atoms in total. The van der Waals surface area contributed by atoms with E-state index in [0.717, 1.165) is 0 Å². The molecule has 0 aliphatic carbocycles. The predicted molar refractivity (Wildman–Crippen MR) is 91.3 cm³/mol. The number of urea groups is 1. The number of hydrogen-bond acceptors (Lipinski definition) is 4. The summed E-state index contributed by atoms with van der Waals surface area (Å²) in [6.45, 7) is 0.994. The number of carbonyl (C=O) groups excluding carboxylic acids is 2. The van der Waals surface area contributed by atoms with Gasteiger partial charge in [0.25, 0.3) is 5.91 Å². The van der Waals surface area contributed by atoms with Gasteiger partial charge < -0.3 is 15.7 Å².